The van der Waals surface area contributed by atoms with Crippen molar-refractivity contribution in [3.8, 4) is 17.7 Å². The molecular formula is C27H29FN8O. The highest BCUT2D eigenvalue weighted by Gasteiger charge is 2.19. The number of ether oxygens (including phenoxy) is 1. The fourth-order valence-electron chi connectivity index (χ4n) is 4.75. The molecule has 10 heteroatoms. The second-order valence-corrected chi connectivity index (χ2v) is 8.90. The van der Waals surface area contributed by atoms with Crippen molar-refractivity contribution >= 4 is 28.2 Å². The van der Waals surface area contributed by atoms with Gasteiger partial charge in [-0.2, -0.15) is 5.26 Å². The van der Waals surface area contributed by atoms with Gasteiger partial charge in [0.2, 0.25) is 5.88 Å². The third-order valence-electron chi connectivity index (χ3n) is 6.82. The summed E-state index contributed by atoms with van der Waals surface area (Å²) < 4.78 is 23.1. The minimum absolute atomic E-state index is 0.00690. The number of benzene rings is 1. The molecule has 1 aliphatic rings. The second-order valence-electron chi connectivity index (χ2n) is 8.90. The van der Waals surface area contributed by atoms with Gasteiger partial charge in [-0.05, 0) is 50.7 Å². The number of nitriles is 1. The van der Waals surface area contributed by atoms with Crippen molar-refractivity contribution in [3.63, 3.8) is 0 Å². The molecule has 1 fully saturated rings. The summed E-state index contributed by atoms with van der Waals surface area (Å²) in [7, 11) is 0. The Morgan fingerprint density at radius 2 is 1.86 bits per heavy atom. The first-order chi connectivity index (χ1) is 18.0. The van der Waals surface area contributed by atoms with Crippen molar-refractivity contribution in [3.05, 3.63) is 59.9 Å². The summed E-state index contributed by atoms with van der Waals surface area (Å²) in [4.78, 5) is 17.5. The number of halogens is 1. The molecule has 0 unspecified atom stereocenters. The van der Waals surface area contributed by atoms with Crippen molar-refractivity contribution in [2.75, 3.05) is 42.9 Å². The minimum Gasteiger partial charge on any atom is -0.434 e. The van der Waals surface area contributed by atoms with Gasteiger partial charge in [-0.1, -0.05) is 6.92 Å². The zero-order valence-electron chi connectivity index (χ0n) is 21.2. The van der Waals surface area contributed by atoms with E-state index in [9.17, 15) is 5.26 Å². The maximum absolute atomic E-state index is 15.3. The number of likely N-dealkylation sites (N-methyl/N-ethyl adjacent to an activating group) is 1. The van der Waals surface area contributed by atoms with Crippen molar-refractivity contribution in [2.45, 2.75) is 27.3 Å². The summed E-state index contributed by atoms with van der Waals surface area (Å²) in [5.41, 5.74) is 2.86. The standard InChI is InChI=1S/C27H29FN8O/c1-4-34-10-12-35(13-11-34)19-6-9-24(30-16-19)33-26-21(15-29)27(32-17-31-26)37-23-8-7-22-20(25(23)28)14-18(3)36(22)5-2/h6-9,14,16-17H,4-5,10-13H2,1-3H3,(H,30,31,32,33). The van der Waals surface area contributed by atoms with Crippen LogP contribution < -0.4 is 15.0 Å². The number of piperazine rings is 1. The molecule has 3 aromatic heterocycles. The molecule has 1 aliphatic heterocycles. The zero-order chi connectivity index (χ0) is 25.9. The number of aryl methyl sites for hydroxylation is 2. The number of pyridine rings is 1. The number of aromatic nitrogens is 4. The van der Waals surface area contributed by atoms with Crippen LogP contribution in [-0.2, 0) is 6.54 Å². The van der Waals surface area contributed by atoms with Gasteiger partial charge in [0.25, 0.3) is 0 Å². The molecule has 4 aromatic rings. The Labute approximate surface area is 215 Å². The molecule has 4 heterocycles. The van der Waals surface area contributed by atoms with Crippen LogP contribution in [0.1, 0.15) is 25.1 Å². The SMILES string of the molecule is CCN1CCN(c2ccc(Nc3ncnc(Oc4ccc5c(cc(C)n5CC)c4F)c3C#N)nc2)CC1. The van der Waals surface area contributed by atoms with E-state index in [1.165, 1.54) is 6.33 Å². The monoisotopic (exact) mass is 500 g/mol. The first kappa shape index (κ1) is 24.5. The van der Waals surface area contributed by atoms with Crippen LogP contribution in [0.5, 0.6) is 11.6 Å². The lowest BCUT2D eigenvalue weighted by molar-refractivity contribution is 0.271. The summed E-state index contributed by atoms with van der Waals surface area (Å²) in [6.45, 7) is 11.9. The van der Waals surface area contributed by atoms with Crippen LogP contribution in [-0.4, -0.2) is 57.1 Å². The van der Waals surface area contributed by atoms with Crippen molar-refractivity contribution in [2.24, 2.45) is 0 Å². The maximum Gasteiger partial charge on any atom is 0.242 e. The fourth-order valence-corrected chi connectivity index (χ4v) is 4.75. The first-order valence-electron chi connectivity index (χ1n) is 12.4. The number of hydrogen-bond donors (Lipinski definition) is 1. The van der Waals surface area contributed by atoms with Gasteiger partial charge in [0.1, 0.15) is 18.2 Å². The molecule has 9 nitrogen and oxygen atoms in total. The molecule has 190 valence electrons. The fraction of sp³-hybridized carbons (Fsp3) is 0.333. The van der Waals surface area contributed by atoms with E-state index in [-0.39, 0.29) is 23.0 Å². The molecule has 37 heavy (non-hydrogen) atoms. The molecule has 1 aromatic carbocycles. The number of anilines is 3. The second kappa shape index (κ2) is 10.4. The number of rotatable bonds is 7. The summed E-state index contributed by atoms with van der Waals surface area (Å²) in [5, 5.41) is 13.4. The number of fused-ring (bicyclic) bond motifs is 1. The molecule has 0 bridgehead atoms. The van der Waals surface area contributed by atoms with E-state index in [0.29, 0.717) is 11.2 Å². The third-order valence-corrected chi connectivity index (χ3v) is 6.82. The van der Waals surface area contributed by atoms with E-state index in [1.54, 1.807) is 12.1 Å². The van der Waals surface area contributed by atoms with Crippen molar-refractivity contribution < 1.29 is 9.13 Å². The third kappa shape index (κ3) is 4.78. The smallest absolute Gasteiger partial charge is 0.242 e. The molecule has 0 atom stereocenters. The molecule has 0 aliphatic carbocycles. The van der Waals surface area contributed by atoms with Crippen molar-refractivity contribution in [1.29, 1.82) is 5.26 Å². The Hall–Kier alpha value is -4.23. The molecule has 0 saturated carbocycles. The highest BCUT2D eigenvalue weighted by atomic mass is 19.1. The lowest BCUT2D eigenvalue weighted by atomic mass is 10.2. The Morgan fingerprint density at radius 3 is 2.54 bits per heavy atom. The lowest BCUT2D eigenvalue weighted by Crippen LogP contribution is -2.46. The van der Waals surface area contributed by atoms with Gasteiger partial charge in [-0.3, -0.25) is 0 Å². The van der Waals surface area contributed by atoms with Gasteiger partial charge in [0.15, 0.2) is 22.9 Å². The molecule has 0 spiro atoms. The highest BCUT2D eigenvalue weighted by Crippen LogP contribution is 2.34. The summed E-state index contributed by atoms with van der Waals surface area (Å²) >= 11 is 0. The van der Waals surface area contributed by atoms with Gasteiger partial charge in [-0.25, -0.2) is 19.3 Å². The van der Waals surface area contributed by atoms with Gasteiger partial charge in [0.05, 0.1) is 17.4 Å². The van der Waals surface area contributed by atoms with Crippen LogP contribution in [0.3, 0.4) is 0 Å². The molecule has 0 radical (unpaired) electrons. The molecular weight excluding hydrogens is 471 g/mol. The summed E-state index contributed by atoms with van der Waals surface area (Å²) in [6, 6.07) is 11.1. The zero-order valence-corrected chi connectivity index (χ0v) is 21.2. The quantitative estimate of drug-likeness (QED) is 0.385. The van der Waals surface area contributed by atoms with E-state index in [4.69, 9.17) is 4.74 Å². The molecule has 1 saturated heterocycles. The predicted molar refractivity (Wildman–Crippen MR) is 141 cm³/mol. The van der Waals surface area contributed by atoms with Gasteiger partial charge in [-0.15, -0.1) is 0 Å². The van der Waals surface area contributed by atoms with Crippen LogP contribution in [0.15, 0.2) is 42.9 Å². The molecule has 0 amide bonds. The number of nitrogens with one attached hydrogen (secondary N) is 1. The van der Waals surface area contributed by atoms with E-state index < -0.39 is 5.82 Å². The van der Waals surface area contributed by atoms with Crippen LogP contribution >= 0.6 is 0 Å². The summed E-state index contributed by atoms with van der Waals surface area (Å²) in [5.74, 6) is 0.226. The Balaban J connectivity index is 1.36. The highest BCUT2D eigenvalue weighted by molar-refractivity contribution is 5.84. The van der Waals surface area contributed by atoms with Crippen LogP contribution in [0.25, 0.3) is 10.9 Å². The van der Waals surface area contributed by atoms with Gasteiger partial charge in [0, 0.05) is 43.8 Å². The Kier molecular flexibility index (Phi) is 6.88. The number of hydrogen-bond acceptors (Lipinski definition) is 8. The number of nitrogens with zero attached hydrogens (tertiary/aromatic N) is 7. The first-order valence-corrected chi connectivity index (χ1v) is 12.4. The van der Waals surface area contributed by atoms with E-state index in [1.807, 2.05) is 42.8 Å². The van der Waals surface area contributed by atoms with Crippen molar-refractivity contribution in [1.82, 2.24) is 24.4 Å². The largest absolute Gasteiger partial charge is 0.434 e. The van der Waals surface area contributed by atoms with Crippen LogP contribution in [0.2, 0.25) is 0 Å². The van der Waals surface area contributed by atoms with E-state index >= 15 is 4.39 Å². The Bertz CT molecular complexity index is 1450. The normalized spacial score (nSPS) is 14.1. The van der Waals surface area contributed by atoms with Gasteiger partial charge >= 0.3 is 0 Å². The summed E-state index contributed by atoms with van der Waals surface area (Å²) in [6.07, 6.45) is 3.08. The minimum atomic E-state index is -0.498. The van der Waals surface area contributed by atoms with E-state index in [2.05, 4.69) is 43.1 Å². The van der Waals surface area contributed by atoms with E-state index in [0.717, 1.165) is 56.2 Å². The Morgan fingerprint density at radius 1 is 1.05 bits per heavy atom. The maximum atomic E-state index is 15.3. The topological polar surface area (TPSA) is 95.1 Å². The average Bonchev–Trinajstić information content (AvgIpc) is 3.26. The lowest BCUT2D eigenvalue weighted by Gasteiger charge is -2.35. The predicted octanol–water partition coefficient (Wildman–Crippen LogP) is 4.84. The van der Waals surface area contributed by atoms with Crippen LogP contribution in [0, 0.1) is 24.1 Å². The van der Waals surface area contributed by atoms with Crippen LogP contribution in [0.4, 0.5) is 21.7 Å². The molecule has 1 N–H and O–H groups in total. The molecule has 5 rings (SSSR count). The van der Waals surface area contributed by atoms with Gasteiger partial charge < -0.3 is 24.4 Å². The average molecular weight is 501 g/mol.